The smallest absolute Gasteiger partial charge is 0.0543 e. The van der Waals surface area contributed by atoms with Crippen molar-refractivity contribution in [1.82, 2.24) is 9.78 Å². The summed E-state index contributed by atoms with van der Waals surface area (Å²) in [5.74, 6) is 0. The minimum absolute atomic E-state index is 0.746. The van der Waals surface area contributed by atoms with Gasteiger partial charge in [0.2, 0.25) is 0 Å². The van der Waals surface area contributed by atoms with Gasteiger partial charge in [0.05, 0.1) is 6.20 Å². The number of rotatable bonds is 4. The normalized spacial score (nSPS) is 10.2. The van der Waals surface area contributed by atoms with E-state index < -0.39 is 0 Å². The maximum atomic E-state index is 4.13. The molecule has 0 radical (unpaired) electrons. The molecule has 0 amide bonds. The van der Waals surface area contributed by atoms with Crippen molar-refractivity contribution in [2.45, 2.75) is 13.5 Å². The third-order valence-corrected chi connectivity index (χ3v) is 3.11. The SMILES string of the molecule is C=Cn1cc(CNc2ccc(C)cc2Br)cn1. The maximum Gasteiger partial charge on any atom is 0.0543 e. The summed E-state index contributed by atoms with van der Waals surface area (Å²) in [6, 6.07) is 6.24. The Bertz CT molecular complexity index is 531. The molecule has 88 valence electrons. The Morgan fingerprint density at radius 2 is 2.35 bits per heavy atom. The Kier molecular flexibility index (Phi) is 3.64. The van der Waals surface area contributed by atoms with Crippen LogP contribution in [0.4, 0.5) is 5.69 Å². The molecule has 4 heteroatoms. The first kappa shape index (κ1) is 11.9. The lowest BCUT2D eigenvalue weighted by molar-refractivity contribution is 0.936. The summed E-state index contributed by atoms with van der Waals surface area (Å²) in [6.45, 7) is 6.48. The van der Waals surface area contributed by atoms with Crippen LogP contribution in [0.25, 0.3) is 6.20 Å². The quantitative estimate of drug-likeness (QED) is 0.932. The lowest BCUT2D eigenvalue weighted by Crippen LogP contribution is -1.99. The highest BCUT2D eigenvalue weighted by Crippen LogP contribution is 2.23. The zero-order chi connectivity index (χ0) is 12.3. The van der Waals surface area contributed by atoms with Crippen molar-refractivity contribution in [3.8, 4) is 0 Å². The van der Waals surface area contributed by atoms with Gasteiger partial charge in [-0.1, -0.05) is 12.6 Å². The Morgan fingerprint density at radius 1 is 1.53 bits per heavy atom. The van der Waals surface area contributed by atoms with Gasteiger partial charge in [-0.25, -0.2) is 4.68 Å². The van der Waals surface area contributed by atoms with Gasteiger partial charge in [0.15, 0.2) is 0 Å². The summed E-state index contributed by atoms with van der Waals surface area (Å²) in [6.07, 6.45) is 5.45. The summed E-state index contributed by atoms with van der Waals surface area (Å²) in [5, 5.41) is 7.49. The molecule has 1 N–H and O–H groups in total. The fraction of sp³-hybridized carbons (Fsp3) is 0.154. The van der Waals surface area contributed by atoms with Crippen molar-refractivity contribution in [3.05, 3.63) is 52.8 Å². The first-order valence-corrected chi connectivity index (χ1v) is 6.14. The number of benzene rings is 1. The predicted molar refractivity (Wildman–Crippen MR) is 74.8 cm³/mol. The van der Waals surface area contributed by atoms with Gasteiger partial charge in [-0.2, -0.15) is 5.10 Å². The molecule has 0 fully saturated rings. The molecule has 0 aliphatic heterocycles. The third kappa shape index (κ3) is 2.97. The fourth-order valence-electron chi connectivity index (χ4n) is 1.53. The topological polar surface area (TPSA) is 29.9 Å². The lowest BCUT2D eigenvalue weighted by Gasteiger charge is -2.07. The van der Waals surface area contributed by atoms with Gasteiger partial charge in [0, 0.05) is 34.7 Å². The molecule has 0 saturated heterocycles. The standard InChI is InChI=1S/C13H14BrN3/c1-3-17-9-11(8-16-17)7-15-13-5-4-10(2)6-12(13)14/h3-6,8-9,15H,1,7H2,2H3. The lowest BCUT2D eigenvalue weighted by atomic mass is 10.2. The van der Waals surface area contributed by atoms with Gasteiger partial charge in [-0.05, 0) is 40.5 Å². The molecule has 0 unspecified atom stereocenters. The van der Waals surface area contributed by atoms with E-state index in [-0.39, 0.29) is 0 Å². The molecule has 1 aromatic carbocycles. The second-order valence-electron chi connectivity index (χ2n) is 3.85. The van der Waals surface area contributed by atoms with Gasteiger partial charge >= 0.3 is 0 Å². The van der Waals surface area contributed by atoms with Crippen LogP contribution in [0.2, 0.25) is 0 Å². The van der Waals surface area contributed by atoms with Crippen LogP contribution >= 0.6 is 15.9 Å². The average Bonchev–Trinajstić information content (AvgIpc) is 2.76. The van der Waals surface area contributed by atoms with E-state index in [0.29, 0.717) is 0 Å². The van der Waals surface area contributed by atoms with Crippen LogP contribution in [0.5, 0.6) is 0 Å². The highest BCUT2D eigenvalue weighted by molar-refractivity contribution is 9.10. The van der Waals surface area contributed by atoms with E-state index in [4.69, 9.17) is 0 Å². The van der Waals surface area contributed by atoms with Crippen LogP contribution in [0.3, 0.4) is 0 Å². The van der Waals surface area contributed by atoms with Gasteiger partial charge in [0.25, 0.3) is 0 Å². The minimum Gasteiger partial charge on any atom is -0.380 e. The average molecular weight is 292 g/mol. The minimum atomic E-state index is 0.746. The van der Waals surface area contributed by atoms with Crippen LogP contribution in [-0.2, 0) is 6.54 Å². The van der Waals surface area contributed by atoms with Gasteiger partial charge in [0.1, 0.15) is 0 Å². The summed E-state index contributed by atoms with van der Waals surface area (Å²) in [4.78, 5) is 0. The van der Waals surface area contributed by atoms with Crippen molar-refractivity contribution in [2.75, 3.05) is 5.32 Å². The molecule has 0 atom stereocenters. The monoisotopic (exact) mass is 291 g/mol. The molecular formula is C13H14BrN3. The van der Waals surface area contributed by atoms with E-state index in [1.165, 1.54) is 5.56 Å². The fourth-order valence-corrected chi connectivity index (χ4v) is 2.16. The van der Waals surface area contributed by atoms with Crippen LogP contribution < -0.4 is 5.32 Å². The Hall–Kier alpha value is -1.55. The number of aryl methyl sites for hydroxylation is 1. The summed E-state index contributed by atoms with van der Waals surface area (Å²) < 4.78 is 2.77. The Labute approximate surface area is 109 Å². The Morgan fingerprint density at radius 3 is 3.00 bits per heavy atom. The molecule has 17 heavy (non-hydrogen) atoms. The molecule has 1 heterocycles. The van der Waals surface area contributed by atoms with Crippen molar-refractivity contribution < 1.29 is 0 Å². The number of aromatic nitrogens is 2. The molecule has 0 bridgehead atoms. The molecule has 3 nitrogen and oxygen atoms in total. The highest BCUT2D eigenvalue weighted by atomic mass is 79.9. The largest absolute Gasteiger partial charge is 0.380 e. The Balaban J connectivity index is 2.04. The number of anilines is 1. The van der Waals surface area contributed by atoms with E-state index >= 15 is 0 Å². The maximum absolute atomic E-state index is 4.13. The van der Waals surface area contributed by atoms with Crippen LogP contribution in [-0.4, -0.2) is 9.78 Å². The zero-order valence-corrected chi connectivity index (χ0v) is 11.2. The first-order valence-electron chi connectivity index (χ1n) is 5.34. The summed E-state index contributed by atoms with van der Waals surface area (Å²) >= 11 is 3.54. The number of hydrogen-bond acceptors (Lipinski definition) is 2. The van der Waals surface area contributed by atoms with Crippen molar-refractivity contribution in [1.29, 1.82) is 0 Å². The molecule has 0 saturated carbocycles. The van der Waals surface area contributed by atoms with E-state index in [9.17, 15) is 0 Å². The summed E-state index contributed by atoms with van der Waals surface area (Å²) in [7, 11) is 0. The number of halogens is 1. The summed E-state index contributed by atoms with van der Waals surface area (Å²) in [5.41, 5.74) is 3.45. The first-order chi connectivity index (χ1) is 8.19. The number of hydrogen-bond donors (Lipinski definition) is 1. The number of nitrogens with zero attached hydrogens (tertiary/aromatic N) is 2. The molecule has 0 aliphatic rings. The molecule has 2 aromatic rings. The van der Waals surface area contributed by atoms with Crippen LogP contribution in [0.1, 0.15) is 11.1 Å². The van der Waals surface area contributed by atoms with Crippen LogP contribution in [0, 0.1) is 6.92 Å². The highest BCUT2D eigenvalue weighted by Gasteiger charge is 2.01. The number of nitrogens with one attached hydrogen (secondary N) is 1. The van der Waals surface area contributed by atoms with E-state index in [0.717, 1.165) is 22.3 Å². The molecule has 0 spiro atoms. The van der Waals surface area contributed by atoms with Crippen molar-refractivity contribution >= 4 is 27.8 Å². The predicted octanol–water partition coefficient (Wildman–Crippen LogP) is 3.67. The molecular weight excluding hydrogens is 278 g/mol. The van der Waals surface area contributed by atoms with E-state index in [1.54, 1.807) is 10.9 Å². The second-order valence-corrected chi connectivity index (χ2v) is 4.70. The van der Waals surface area contributed by atoms with Crippen LogP contribution in [0.15, 0.2) is 41.6 Å². The van der Waals surface area contributed by atoms with E-state index in [1.807, 2.05) is 12.4 Å². The van der Waals surface area contributed by atoms with Gasteiger partial charge < -0.3 is 5.32 Å². The molecule has 2 rings (SSSR count). The third-order valence-electron chi connectivity index (χ3n) is 2.45. The molecule has 0 aliphatic carbocycles. The van der Waals surface area contributed by atoms with Gasteiger partial charge in [-0.3, -0.25) is 0 Å². The van der Waals surface area contributed by atoms with E-state index in [2.05, 4.69) is 58.0 Å². The van der Waals surface area contributed by atoms with Crippen molar-refractivity contribution in [2.24, 2.45) is 0 Å². The van der Waals surface area contributed by atoms with Crippen molar-refractivity contribution in [3.63, 3.8) is 0 Å². The second kappa shape index (κ2) is 5.19. The molecule has 1 aromatic heterocycles. The zero-order valence-electron chi connectivity index (χ0n) is 9.65. The van der Waals surface area contributed by atoms with Gasteiger partial charge in [-0.15, -0.1) is 0 Å².